The Kier molecular flexibility index (Phi) is 8.45. The number of rotatable bonds is 9. The van der Waals surface area contributed by atoms with Gasteiger partial charge in [0, 0.05) is 6.54 Å². The van der Waals surface area contributed by atoms with Crippen molar-refractivity contribution in [3.8, 4) is 0 Å². The smallest absolute Gasteiger partial charge is 0.355 e. The Labute approximate surface area is 207 Å². The molecule has 3 rings (SSSR count). The number of alkyl halides is 3. The molecular formula is C25H24ClF3N2O3S. The highest BCUT2D eigenvalue weighted by Crippen LogP contribution is 2.38. The van der Waals surface area contributed by atoms with Gasteiger partial charge in [-0.05, 0) is 55.7 Å². The average Bonchev–Trinajstić information content (AvgIpc) is 2.81. The fourth-order valence-electron chi connectivity index (χ4n) is 3.38. The molecule has 0 aromatic heterocycles. The molecule has 186 valence electrons. The zero-order valence-electron chi connectivity index (χ0n) is 18.8. The van der Waals surface area contributed by atoms with Crippen LogP contribution in [0, 0.1) is 6.92 Å². The fraction of sp³-hybridized carbons (Fsp3) is 0.240. The van der Waals surface area contributed by atoms with Crippen molar-refractivity contribution < 1.29 is 26.4 Å². The Morgan fingerprint density at radius 1 is 1.00 bits per heavy atom. The van der Waals surface area contributed by atoms with Gasteiger partial charge in [-0.25, -0.2) is 8.42 Å². The van der Waals surface area contributed by atoms with Crippen LogP contribution in [-0.2, 0) is 27.4 Å². The first-order valence-electron chi connectivity index (χ1n) is 10.8. The first-order valence-corrected chi connectivity index (χ1v) is 12.6. The summed E-state index contributed by atoms with van der Waals surface area (Å²) in [7, 11) is -4.34. The van der Waals surface area contributed by atoms with Crippen LogP contribution in [0.15, 0.2) is 77.7 Å². The molecule has 0 aliphatic heterocycles. The Morgan fingerprint density at radius 2 is 1.66 bits per heavy atom. The second-order valence-electron chi connectivity index (χ2n) is 7.93. The van der Waals surface area contributed by atoms with Crippen molar-refractivity contribution in [2.75, 3.05) is 17.4 Å². The van der Waals surface area contributed by atoms with Crippen molar-refractivity contribution >= 4 is 33.2 Å². The van der Waals surface area contributed by atoms with Crippen molar-refractivity contribution in [2.45, 2.75) is 30.8 Å². The lowest BCUT2D eigenvalue weighted by atomic mass is 10.1. The van der Waals surface area contributed by atoms with Gasteiger partial charge in [-0.3, -0.25) is 9.10 Å². The minimum atomic E-state index is -4.80. The number of benzene rings is 3. The van der Waals surface area contributed by atoms with Crippen LogP contribution in [-0.4, -0.2) is 27.4 Å². The lowest BCUT2D eigenvalue weighted by Crippen LogP contribution is -2.41. The maximum Gasteiger partial charge on any atom is 0.417 e. The molecule has 0 radical (unpaired) electrons. The van der Waals surface area contributed by atoms with Crippen molar-refractivity contribution in [2.24, 2.45) is 0 Å². The Bertz CT molecular complexity index is 1270. The molecule has 1 amide bonds. The maximum absolute atomic E-state index is 13.4. The summed E-state index contributed by atoms with van der Waals surface area (Å²) in [6.07, 6.45) is -3.48. The minimum absolute atomic E-state index is 0.157. The predicted molar refractivity (Wildman–Crippen MR) is 130 cm³/mol. The summed E-state index contributed by atoms with van der Waals surface area (Å²) in [6, 6.07) is 17.9. The first kappa shape index (κ1) is 26.6. The molecule has 0 spiro atoms. The first-order chi connectivity index (χ1) is 16.5. The maximum atomic E-state index is 13.4. The topological polar surface area (TPSA) is 66.5 Å². The number of amides is 1. The number of nitrogens with zero attached hydrogens (tertiary/aromatic N) is 1. The number of hydrogen-bond acceptors (Lipinski definition) is 3. The molecule has 0 aliphatic rings. The SMILES string of the molecule is Cc1ccc(CCCNC(=O)CN(c2ccc(Cl)c(C(F)(F)F)c2)S(=O)(=O)c2ccccc2)cc1. The quantitative estimate of drug-likeness (QED) is 0.370. The van der Waals surface area contributed by atoms with Gasteiger partial charge in [0.1, 0.15) is 6.54 Å². The summed E-state index contributed by atoms with van der Waals surface area (Å²) in [5, 5.41) is 2.08. The summed E-state index contributed by atoms with van der Waals surface area (Å²) in [6.45, 7) is 1.57. The lowest BCUT2D eigenvalue weighted by Gasteiger charge is -2.25. The van der Waals surface area contributed by atoms with Crippen LogP contribution in [0.3, 0.4) is 0 Å². The summed E-state index contributed by atoms with van der Waals surface area (Å²) in [5.41, 5.74) is 0.723. The summed E-state index contributed by atoms with van der Waals surface area (Å²) in [5.74, 6) is -0.642. The highest BCUT2D eigenvalue weighted by Gasteiger charge is 2.35. The van der Waals surface area contributed by atoms with Crippen molar-refractivity contribution in [3.63, 3.8) is 0 Å². The van der Waals surface area contributed by atoms with Crippen LogP contribution in [0.1, 0.15) is 23.1 Å². The van der Waals surface area contributed by atoms with E-state index in [-0.39, 0.29) is 17.1 Å². The fourth-order valence-corrected chi connectivity index (χ4v) is 5.04. The summed E-state index contributed by atoms with van der Waals surface area (Å²) in [4.78, 5) is 12.5. The number of hydrogen-bond donors (Lipinski definition) is 1. The van der Waals surface area contributed by atoms with Crippen LogP contribution < -0.4 is 9.62 Å². The van der Waals surface area contributed by atoms with Crippen LogP contribution in [0.2, 0.25) is 5.02 Å². The van der Waals surface area contributed by atoms with Crippen molar-refractivity contribution in [1.29, 1.82) is 0 Å². The number of aryl methyl sites for hydroxylation is 2. The molecule has 0 heterocycles. The van der Waals surface area contributed by atoms with E-state index < -0.39 is 39.2 Å². The van der Waals surface area contributed by atoms with E-state index in [0.717, 1.165) is 23.3 Å². The molecule has 35 heavy (non-hydrogen) atoms. The molecule has 0 saturated carbocycles. The van der Waals surface area contributed by atoms with Gasteiger partial charge in [-0.2, -0.15) is 13.2 Å². The molecule has 0 atom stereocenters. The monoisotopic (exact) mass is 524 g/mol. The lowest BCUT2D eigenvalue weighted by molar-refractivity contribution is -0.137. The summed E-state index contributed by atoms with van der Waals surface area (Å²) >= 11 is 5.70. The van der Waals surface area contributed by atoms with Gasteiger partial charge in [0.25, 0.3) is 10.0 Å². The second kappa shape index (κ2) is 11.1. The number of halogens is 4. The molecule has 3 aromatic rings. The second-order valence-corrected chi connectivity index (χ2v) is 10.2. The van der Waals surface area contributed by atoms with Gasteiger partial charge in [0.05, 0.1) is 21.2 Å². The number of nitrogens with one attached hydrogen (secondary N) is 1. The standard InChI is InChI=1S/C25H24ClF3N2O3S/c1-18-9-11-19(12-10-18)6-5-15-30-24(32)17-31(35(33,34)21-7-3-2-4-8-21)20-13-14-23(26)22(16-20)25(27,28)29/h2-4,7-14,16H,5-6,15,17H2,1H3,(H,30,32). The number of sulfonamides is 1. The van der Waals surface area contributed by atoms with Gasteiger partial charge >= 0.3 is 6.18 Å². The van der Waals surface area contributed by atoms with E-state index in [9.17, 15) is 26.4 Å². The highest BCUT2D eigenvalue weighted by molar-refractivity contribution is 7.92. The van der Waals surface area contributed by atoms with Gasteiger partial charge in [-0.1, -0.05) is 59.6 Å². The van der Waals surface area contributed by atoms with Crippen LogP contribution in [0.4, 0.5) is 18.9 Å². The number of carbonyl (C=O) groups is 1. The van der Waals surface area contributed by atoms with Gasteiger partial charge in [-0.15, -0.1) is 0 Å². The largest absolute Gasteiger partial charge is 0.417 e. The predicted octanol–water partition coefficient (Wildman–Crippen LogP) is 5.61. The molecule has 0 fully saturated rings. The highest BCUT2D eigenvalue weighted by atomic mass is 35.5. The van der Waals surface area contributed by atoms with Gasteiger partial charge in [0.15, 0.2) is 0 Å². The van der Waals surface area contributed by atoms with E-state index in [4.69, 9.17) is 11.6 Å². The zero-order valence-corrected chi connectivity index (χ0v) is 20.4. The van der Waals surface area contributed by atoms with E-state index in [1.54, 1.807) is 6.07 Å². The third kappa shape index (κ3) is 6.99. The Morgan fingerprint density at radius 3 is 2.29 bits per heavy atom. The van der Waals surface area contributed by atoms with E-state index in [1.165, 1.54) is 24.3 Å². The van der Waals surface area contributed by atoms with E-state index in [1.807, 2.05) is 31.2 Å². The van der Waals surface area contributed by atoms with E-state index in [2.05, 4.69) is 5.32 Å². The molecule has 10 heteroatoms. The minimum Gasteiger partial charge on any atom is -0.355 e. The third-order valence-corrected chi connectivity index (χ3v) is 7.36. The van der Waals surface area contributed by atoms with Gasteiger partial charge in [0.2, 0.25) is 5.91 Å². The molecule has 0 saturated heterocycles. The molecule has 3 aromatic carbocycles. The normalized spacial score (nSPS) is 11.8. The Balaban J connectivity index is 1.80. The molecule has 0 bridgehead atoms. The van der Waals surface area contributed by atoms with Crippen LogP contribution in [0.5, 0.6) is 0 Å². The zero-order chi connectivity index (χ0) is 25.6. The van der Waals surface area contributed by atoms with Crippen molar-refractivity contribution in [3.05, 3.63) is 94.5 Å². The molecule has 0 unspecified atom stereocenters. The molecular weight excluding hydrogens is 501 g/mol. The third-order valence-electron chi connectivity index (χ3n) is 5.25. The Hall–Kier alpha value is -3.04. The average molecular weight is 525 g/mol. The molecule has 5 nitrogen and oxygen atoms in total. The van der Waals surface area contributed by atoms with Gasteiger partial charge < -0.3 is 5.32 Å². The van der Waals surface area contributed by atoms with Crippen molar-refractivity contribution in [1.82, 2.24) is 5.32 Å². The number of anilines is 1. The van der Waals surface area contributed by atoms with Crippen LogP contribution in [0.25, 0.3) is 0 Å². The molecule has 0 aliphatic carbocycles. The summed E-state index contributed by atoms with van der Waals surface area (Å²) < 4.78 is 67.5. The van der Waals surface area contributed by atoms with Crippen LogP contribution >= 0.6 is 11.6 Å². The van der Waals surface area contributed by atoms with E-state index in [0.29, 0.717) is 23.2 Å². The molecule has 1 N–H and O–H groups in total. The number of carbonyl (C=O) groups excluding carboxylic acids is 1. The van der Waals surface area contributed by atoms with E-state index >= 15 is 0 Å².